The molecule has 0 aromatic carbocycles. The molecule has 2 N–H and O–H groups in total. The number of thiophene rings is 1. The number of nitrogens with zero attached hydrogens (tertiary/aromatic N) is 2. The molecule has 0 bridgehead atoms. The van der Waals surface area contributed by atoms with Crippen LogP contribution in [-0.4, -0.2) is 23.0 Å². The van der Waals surface area contributed by atoms with E-state index >= 15 is 0 Å². The highest BCUT2D eigenvalue weighted by Crippen LogP contribution is 2.16. The molecule has 2 aromatic rings. The Morgan fingerprint density at radius 2 is 2.19 bits per heavy atom. The summed E-state index contributed by atoms with van der Waals surface area (Å²) in [6.45, 7) is 2.00. The molecule has 0 spiro atoms. The van der Waals surface area contributed by atoms with Gasteiger partial charge in [-0.05, 0) is 30.5 Å². The lowest BCUT2D eigenvalue weighted by atomic mass is 10.2. The zero-order chi connectivity index (χ0) is 15.1. The molecule has 0 saturated carbocycles. The van der Waals surface area contributed by atoms with Gasteiger partial charge in [0.2, 0.25) is 0 Å². The highest BCUT2D eigenvalue weighted by atomic mass is 32.1. The van der Waals surface area contributed by atoms with Crippen molar-refractivity contribution in [1.29, 1.82) is 0 Å². The number of pyridine rings is 1. The molecule has 2 amide bonds. The van der Waals surface area contributed by atoms with Crippen LogP contribution in [0.5, 0.6) is 0 Å². The van der Waals surface area contributed by atoms with E-state index in [1.54, 1.807) is 30.6 Å². The van der Waals surface area contributed by atoms with Crippen molar-refractivity contribution < 1.29 is 9.59 Å². The summed E-state index contributed by atoms with van der Waals surface area (Å²) in [7, 11) is 0. The average molecular weight is 302 g/mol. The minimum atomic E-state index is -0.405. The lowest BCUT2D eigenvalue weighted by molar-refractivity contribution is 0.0922. The third-order valence-electron chi connectivity index (χ3n) is 2.57. The van der Waals surface area contributed by atoms with Gasteiger partial charge < -0.3 is 5.32 Å². The van der Waals surface area contributed by atoms with Crippen molar-refractivity contribution in [1.82, 2.24) is 15.7 Å². The van der Waals surface area contributed by atoms with Crippen molar-refractivity contribution >= 4 is 29.4 Å². The lowest BCUT2D eigenvalue weighted by Gasteiger charge is -2.05. The Morgan fingerprint density at radius 3 is 2.90 bits per heavy atom. The van der Waals surface area contributed by atoms with Crippen molar-refractivity contribution in [2.45, 2.75) is 13.5 Å². The van der Waals surface area contributed by atoms with Gasteiger partial charge >= 0.3 is 0 Å². The Kier molecular flexibility index (Phi) is 5.16. The first-order valence-corrected chi connectivity index (χ1v) is 7.14. The van der Waals surface area contributed by atoms with Crippen LogP contribution in [0.2, 0.25) is 0 Å². The van der Waals surface area contributed by atoms with Gasteiger partial charge in [0.15, 0.2) is 0 Å². The van der Waals surface area contributed by atoms with Gasteiger partial charge in [0.25, 0.3) is 11.8 Å². The van der Waals surface area contributed by atoms with Gasteiger partial charge in [-0.2, -0.15) is 5.10 Å². The number of aromatic nitrogens is 1. The van der Waals surface area contributed by atoms with Crippen LogP contribution in [0.15, 0.2) is 40.9 Å². The molecule has 2 rings (SSSR count). The molecule has 108 valence electrons. The molecule has 0 aliphatic heterocycles. The quantitative estimate of drug-likeness (QED) is 0.652. The van der Waals surface area contributed by atoms with Crippen LogP contribution in [-0.2, 0) is 6.54 Å². The molecule has 21 heavy (non-hydrogen) atoms. The number of hydrogen-bond acceptors (Lipinski definition) is 5. The maximum Gasteiger partial charge on any atom is 0.273 e. The van der Waals surface area contributed by atoms with E-state index in [-0.39, 0.29) is 5.91 Å². The van der Waals surface area contributed by atoms with Gasteiger partial charge in [-0.1, -0.05) is 6.07 Å². The van der Waals surface area contributed by atoms with Crippen molar-refractivity contribution in [3.63, 3.8) is 0 Å². The molecule has 0 aliphatic rings. The molecule has 2 aromatic heterocycles. The van der Waals surface area contributed by atoms with Crippen LogP contribution in [0.4, 0.5) is 0 Å². The Hall–Kier alpha value is -2.54. The number of amides is 2. The molecule has 0 unspecified atom stereocenters. The fourth-order valence-electron chi connectivity index (χ4n) is 1.60. The maximum absolute atomic E-state index is 12.1. The molecular formula is C14H14N4O2S. The van der Waals surface area contributed by atoms with E-state index in [9.17, 15) is 9.59 Å². The first-order valence-electron chi connectivity index (χ1n) is 6.26. The van der Waals surface area contributed by atoms with Crippen molar-refractivity contribution in [2.75, 3.05) is 0 Å². The fraction of sp³-hybridized carbons (Fsp3) is 0.143. The second-order valence-electron chi connectivity index (χ2n) is 4.00. The molecule has 2 heterocycles. The number of hydrogen-bond donors (Lipinski definition) is 2. The average Bonchev–Trinajstić information content (AvgIpc) is 3.01. The minimum Gasteiger partial charge on any atom is -0.346 e. The summed E-state index contributed by atoms with van der Waals surface area (Å²) >= 11 is 1.21. The summed E-state index contributed by atoms with van der Waals surface area (Å²) in [6, 6.07) is 7.07. The smallest absolute Gasteiger partial charge is 0.273 e. The molecule has 0 aliphatic carbocycles. The Labute approximate surface area is 125 Å². The first kappa shape index (κ1) is 14.9. The van der Waals surface area contributed by atoms with Crippen LogP contribution >= 0.6 is 11.3 Å². The second-order valence-corrected chi connectivity index (χ2v) is 4.91. The molecular weight excluding hydrogens is 288 g/mol. The number of carbonyl (C=O) groups is 2. The lowest BCUT2D eigenvalue weighted by Crippen LogP contribution is -2.26. The Morgan fingerprint density at radius 1 is 1.33 bits per heavy atom. The minimum absolute atomic E-state index is 0.304. The normalized spacial score (nSPS) is 10.5. The molecule has 0 fully saturated rings. The summed E-state index contributed by atoms with van der Waals surface area (Å²) in [6.07, 6.45) is 3.12. The van der Waals surface area contributed by atoms with E-state index in [1.165, 1.54) is 17.6 Å². The van der Waals surface area contributed by atoms with E-state index in [2.05, 4.69) is 20.8 Å². The summed E-state index contributed by atoms with van der Waals surface area (Å²) in [5, 5.41) is 8.10. The standard InChI is InChI=1S/C14H14N4O2S/c1-2-17-18-13(19)11-6-8-21-12(11)14(20)16-9-10-5-3-4-7-15-10/h2-8H,9H2,1H3,(H,16,20)(H,18,19). The largest absolute Gasteiger partial charge is 0.346 e. The van der Waals surface area contributed by atoms with Crippen molar-refractivity contribution in [2.24, 2.45) is 5.10 Å². The van der Waals surface area contributed by atoms with Gasteiger partial charge in [0.1, 0.15) is 4.88 Å². The summed E-state index contributed by atoms with van der Waals surface area (Å²) in [5.74, 6) is -0.710. The molecule has 0 radical (unpaired) electrons. The summed E-state index contributed by atoms with van der Waals surface area (Å²) in [5.41, 5.74) is 3.41. The van der Waals surface area contributed by atoms with E-state index < -0.39 is 5.91 Å². The first-order chi connectivity index (χ1) is 10.2. The van der Waals surface area contributed by atoms with Gasteiger partial charge in [-0.15, -0.1) is 11.3 Å². The van der Waals surface area contributed by atoms with E-state index in [0.717, 1.165) is 5.69 Å². The zero-order valence-corrected chi connectivity index (χ0v) is 12.2. The number of hydrazone groups is 1. The number of carbonyl (C=O) groups excluding carboxylic acids is 2. The summed E-state index contributed by atoms with van der Waals surface area (Å²) < 4.78 is 0. The van der Waals surface area contributed by atoms with E-state index in [0.29, 0.717) is 17.0 Å². The van der Waals surface area contributed by atoms with Crippen molar-refractivity contribution in [3.05, 3.63) is 52.0 Å². The highest BCUT2D eigenvalue weighted by molar-refractivity contribution is 7.12. The SMILES string of the molecule is CC=NNC(=O)c1ccsc1C(=O)NCc1ccccn1. The van der Waals surface area contributed by atoms with Crippen LogP contribution < -0.4 is 10.7 Å². The van der Waals surface area contributed by atoms with Crippen LogP contribution in [0.25, 0.3) is 0 Å². The predicted molar refractivity (Wildman–Crippen MR) is 81.4 cm³/mol. The van der Waals surface area contributed by atoms with Gasteiger partial charge in [0, 0.05) is 12.4 Å². The molecule has 7 heteroatoms. The highest BCUT2D eigenvalue weighted by Gasteiger charge is 2.18. The van der Waals surface area contributed by atoms with Gasteiger partial charge in [-0.25, -0.2) is 5.43 Å². The topological polar surface area (TPSA) is 83.5 Å². The summed E-state index contributed by atoms with van der Waals surface area (Å²) in [4.78, 5) is 28.5. The van der Waals surface area contributed by atoms with E-state index in [4.69, 9.17) is 0 Å². The van der Waals surface area contributed by atoms with Crippen LogP contribution in [0.1, 0.15) is 32.6 Å². The fourth-order valence-corrected chi connectivity index (χ4v) is 2.41. The predicted octanol–water partition coefficient (Wildman–Crippen LogP) is 1.81. The van der Waals surface area contributed by atoms with Crippen LogP contribution in [0.3, 0.4) is 0 Å². The molecule has 0 atom stereocenters. The zero-order valence-electron chi connectivity index (χ0n) is 11.4. The van der Waals surface area contributed by atoms with Crippen molar-refractivity contribution in [3.8, 4) is 0 Å². The molecule has 0 saturated heterocycles. The number of nitrogens with one attached hydrogen (secondary N) is 2. The monoisotopic (exact) mass is 302 g/mol. The Balaban J connectivity index is 2.03. The van der Waals surface area contributed by atoms with Crippen LogP contribution in [0, 0.1) is 0 Å². The maximum atomic E-state index is 12.1. The van der Waals surface area contributed by atoms with Gasteiger partial charge in [-0.3, -0.25) is 14.6 Å². The van der Waals surface area contributed by atoms with Gasteiger partial charge in [0.05, 0.1) is 17.8 Å². The molecule has 6 nitrogen and oxygen atoms in total. The second kappa shape index (κ2) is 7.30. The third kappa shape index (κ3) is 3.96. The number of rotatable bonds is 5. The van der Waals surface area contributed by atoms with E-state index in [1.807, 2.05) is 12.1 Å². The third-order valence-corrected chi connectivity index (χ3v) is 3.48. The Bertz CT molecular complexity index is 652.